The molecule has 0 radical (unpaired) electrons. The van der Waals surface area contributed by atoms with Crippen molar-refractivity contribution in [2.24, 2.45) is 5.92 Å². The zero-order chi connectivity index (χ0) is 16.2. The van der Waals surface area contributed by atoms with Gasteiger partial charge in [-0.05, 0) is 55.7 Å². The summed E-state index contributed by atoms with van der Waals surface area (Å²) in [5.41, 5.74) is 1.21. The Labute approximate surface area is 136 Å². The molecule has 0 saturated heterocycles. The fraction of sp³-hybridized carbons (Fsp3) is 0.474. The first-order chi connectivity index (χ1) is 11.2. The lowest BCUT2D eigenvalue weighted by molar-refractivity contribution is 0.0939. The maximum absolute atomic E-state index is 12.2. The monoisotopic (exact) mass is 313 g/mol. The standard InChI is InChI=1S/C19H23NO3/c1-3-4-5-14-8-11-17-16(12-14)18(21)23-19(20-17)22-15-9-6-13(2)7-10-15/h4-5,8,11-13,15H,3,6-7,9-10H2,1-2H3/b5-4+. The number of hydrogen-bond donors (Lipinski definition) is 0. The van der Waals surface area contributed by atoms with E-state index in [1.807, 2.05) is 24.3 Å². The first-order valence-corrected chi connectivity index (χ1v) is 8.44. The highest BCUT2D eigenvalue weighted by molar-refractivity contribution is 5.80. The van der Waals surface area contributed by atoms with Crippen molar-refractivity contribution >= 4 is 17.0 Å². The van der Waals surface area contributed by atoms with Crippen LogP contribution in [-0.4, -0.2) is 11.1 Å². The van der Waals surface area contributed by atoms with Crippen LogP contribution >= 0.6 is 0 Å². The Hall–Kier alpha value is -2.10. The predicted molar refractivity (Wildman–Crippen MR) is 91.7 cm³/mol. The first kappa shape index (κ1) is 15.8. The molecule has 1 aromatic heterocycles. The summed E-state index contributed by atoms with van der Waals surface area (Å²) in [6, 6.07) is 5.61. The number of allylic oxidation sites excluding steroid dienone is 1. The Morgan fingerprint density at radius 1 is 1.30 bits per heavy atom. The zero-order valence-electron chi connectivity index (χ0n) is 13.7. The lowest BCUT2D eigenvalue weighted by Crippen LogP contribution is -2.24. The summed E-state index contributed by atoms with van der Waals surface area (Å²) in [5.74, 6) is 0.751. The van der Waals surface area contributed by atoms with Crippen molar-refractivity contribution in [1.82, 2.24) is 4.98 Å². The molecule has 0 unspecified atom stereocenters. The molecule has 0 bridgehead atoms. The van der Waals surface area contributed by atoms with Gasteiger partial charge in [0.25, 0.3) is 0 Å². The van der Waals surface area contributed by atoms with Gasteiger partial charge in [-0.15, -0.1) is 0 Å². The molecule has 1 saturated carbocycles. The molecule has 4 nitrogen and oxygen atoms in total. The number of fused-ring (bicyclic) bond motifs is 1. The minimum atomic E-state index is -0.388. The van der Waals surface area contributed by atoms with Gasteiger partial charge in [0, 0.05) is 0 Å². The van der Waals surface area contributed by atoms with E-state index in [1.54, 1.807) is 0 Å². The molecule has 2 aromatic rings. The molecular weight excluding hydrogens is 290 g/mol. The lowest BCUT2D eigenvalue weighted by Gasteiger charge is -2.25. The van der Waals surface area contributed by atoms with E-state index < -0.39 is 0 Å². The van der Waals surface area contributed by atoms with Crippen molar-refractivity contribution in [3.05, 3.63) is 40.3 Å². The average Bonchev–Trinajstić information content (AvgIpc) is 2.55. The molecule has 23 heavy (non-hydrogen) atoms. The summed E-state index contributed by atoms with van der Waals surface area (Å²) in [4.78, 5) is 16.6. The Bertz CT molecular complexity index is 755. The molecule has 0 spiro atoms. The molecule has 4 heteroatoms. The molecule has 3 rings (SSSR count). The van der Waals surface area contributed by atoms with Crippen LogP contribution in [0.25, 0.3) is 17.0 Å². The van der Waals surface area contributed by atoms with E-state index in [0.717, 1.165) is 43.6 Å². The summed E-state index contributed by atoms with van der Waals surface area (Å²) in [6.45, 7) is 4.33. The van der Waals surface area contributed by atoms with Crippen molar-refractivity contribution in [2.45, 2.75) is 52.1 Å². The summed E-state index contributed by atoms with van der Waals surface area (Å²) >= 11 is 0. The van der Waals surface area contributed by atoms with E-state index in [0.29, 0.717) is 10.9 Å². The van der Waals surface area contributed by atoms with Crippen LogP contribution in [0, 0.1) is 5.92 Å². The number of hydrogen-bond acceptors (Lipinski definition) is 4. The number of benzene rings is 1. The third kappa shape index (κ3) is 3.81. The molecular formula is C19H23NO3. The van der Waals surface area contributed by atoms with E-state index in [-0.39, 0.29) is 17.8 Å². The molecule has 122 valence electrons. The summed E-state index contributed by atoms with van der Waals surface area (Å²) in [5, 5.41) is 0.493. The Morgan fingerprint density at radius 2 is 2.09 bits per heavy atom. The number of ether oxygens (including phenoxy) is 1. The van der Waals surface area contributed by atoms with Crippen LogP contribution < -0.4 is 10.4 Å². The highest BCUT2D eigenvalue weighted by atomic mass is 16.6. The van der Waals surface area contributed by atoms with Crippen molar-refractivity contribution in [2.75, 3.05) is 0 Å². The van der Waals surface area contributed by atoms with Gasteiger partial charge in [-0.3, -0.25) is 0 Å². The maximum atomic E-state index is 12.2. The van der Waals surface area contributed by atoms with Gasteiger partial charge in [-0.25, -0.2) is 4.79 Å². The first-order valence-electron chi connectivity index (χ1n) is 8.44. The van der Waals surface area contributed by atoms with Gasteiger partial charge in [0.05, 0.1) is 10.9 Å². The lowest BCUT2D eigenvalue weighted by atomic mass is 9.89. The second-order valence-corrected chi connectivity index (χ2v) is 6.35. The summed E-state index contributed by atoms with van der Waals surface area (Å²) in [7, 11) is 0. The second kappa shape index (κ2) is 6.99. The molecule has 0 atom stereocenters. The molecule has 1 aliphatic carbocycles. The number of aromatic nitrogens is 1. The maximum Gasteiger partial charge on any atom is 0.397 e. The van der Waals surface area contributed by atoms with Crippen LogP contribution in [0.2, 0.25) is 0 Å². The Balaban J connectivity index is 1.83. The van der Waals surface area contributed by atoms with E-state index in [2.05, 4.69) is 24.9 Å². The normalized spacial score (nSPS) is 21.8. The second-order valence-electron chi connectivity index (χ2n) is 6.35. The zero-order valence-corrected chi connectivity index (χ0v) is 13.7. The van der Waals surface area contributed by atoms with E-state index >= 15 is 0 Å². The quantitative estimate of drug-likeness (QED) is 0.829. The van der Waals surface area contributed by atoms with Crippen LogP contribution in [0.3, 0.4) is 0 Å². The van der Waals surface area contributed by atoms with Crippen molar-refractivity contribution < 1.29 is 9.15 Å². The fourth-order valence-corrected chi connectivity index (χ4v) is 2.97. The van der Waals surface area contributed by atoms with Gasteiger partial charge in [-0.2, -0.15) is 4.98 Å². The fourth-order valence-electron chi connectivity index (χ4n) is 2.97. The number of nitrogens with zero attached hydrogens (tertiary/aromatic N) is 1. The number of rotatable bonds is 4. The predicted octanol–water partition coefficient (Wildman–Crippen LogP) is 4.57. The third-order valence-corrected chi connectivity index (χ3v) is 4.41. The Morgan fingerprint density at radius 3 is 2.83 bits per heavy atom. The van der Waals surface area contributed by atoms with E-state index in [1.165, 1.54) is 0 Å². The van der Waals surface area contributed by atoms with Crippen LogP contribution in [0.1, 0.15) is 51.5 Å². The van der Waals surface area contributed by atoms with Crippen molar-refractivity contribution in [3.63, 3.8) is 0 Å². The van der Waals surface area contributed by atoms with Crippen LogP contribution in [0.4, 0.5) is 0 Å². The highest BCUT2D eigenvalue weighted by Gasteiger charge is 2.21. The molecule has 1 aromatic carbocycles. The van der Waals surface area contributed by atoms with Gasteiger partial charge < -0.3 is 9.15 Å². The van der Waals surface area contributed by atoms with Gasteiger partial charge in [0.15, 0.2) is 0 Å². The van der Waals surface area contributed by atoms with Crippen LogP contribution in [0.5, 0.6) is 6.08 Å². The van der Waals surface area contributed by atoms with Crippen molar-refractivity contribution in [1.29, 1.82) is 0 Å². The molecule has 0 N–H and O–H groups in total. The summed E-state index contributed by atoms with van der Waals surface area (Å²) in [6.07, 6.45) is 9.48. The van der Waals surface area contributed by atoms with Gasteiger partial charge >= 0.3 is 11.7 Å². The molecule has 1 fully saturated rings. The minimum Gasteiger partial charge on any atom is -0.447 e. The Kier molecular flexibility index (Phi) is 4.79. The summed E-state index contributed by atoms with van der Waals surface area (Å²) < 4.78 is 11.1. The van der Waals surface area contributed by atoms with E-state index in [9.17, 15) is 4.79 Å². The third-order valence-electron chi connectivity index (χ3n) is 4.41. The van der Waals surface area contributed by atoms with Crippen LogP contribution in [0.15, 0.2) is 33.5 Å². The molecule has 0 amide bonds. The molecule has 0 aliphatic heterocycles. The van der Waals surface area contributed by atoms with Crippen molar-refractivity contribution in [3.8, 4) is 6.08 Å². The topological polar surface area (TPSA) is 52.3 Å². The van der Waals surface area contributed by atoms with Gasteiger partial charge in [0.1, 0.15) is 6.10 Å². The van der Waals surface area contributed by atoms with Gasteiger partial charge in [-0.1, -0.05) is 32.1 Å². The highest BCUT2D eigenvalue weighted by Crippen LogP contribution is 2.26. The molecule has 1 aliphatic rings. The molecule has 1 heterocycles. The van der Waals surface area contributed by atoms with E-state index in [4.69, 9.17) is 9.15 Å². The SMILES string of the molecule is CC/C=C/c1ccc2nc(OC3CCC(C)CC3)oc(=O)c2c1. The van der Waals surface area contributed by atoms with Crippen LogP contribution in [-0.2, 0) is 0 Å². The largest absolute Gasteiger partial charge is 0.447 e. The minimum absolute atomic E-state index is 0.0962. The average molecular weight is 313 g/mol. The smallest absolute Gasteiger partial charge is 0.397 e. The van der Waals surface area contributed by atoms with Gasteiger partial charge in [0.2, 0.25) is 0 Å².